The number of aliphatic carboxylic acids is 1. The van der Waals surface area contributed by atoms with Gasteiger partial charge in [-0.25, -0.2) is 4.79 Å². The van der Waals surface area contributed by atoms with Gasteiger partial charge in [0.25, 0.3) is 0 Å². The molecule has 1 rings (SSSR count). The van der Waals surface area contributed by atoms with Crippen LogP contribution in [0.25, 0.3) is 0 Å². The standard InChI is InChI=1S/C11H8F6O4/c1-21-4-2-5(8(18)9(19)20)7(11(15,16)17)6(3-4)10(12,13)14/h2-3,8,18H,1H3,(H,19,20). The van der Waals surface area contributed by atoms with E-state index in [0.29, 0.717) is 6.07 Å². The Hall–Kier alpha value is -1.97. The van der Waals surface area contributed by atoms with Crippen LogP contribution in [-0.4, -0.2) is 23.3 Å². The second-order valence-corrected chi connectivity index (χ2v) is 3.88. The normalized spacial score (nSPS) is 13.9. The molecule has 21 heavy (non-hydrogen) atoms. The largest absolute Gasteiger partial charge is 0.497 e. The zero-order valence-electron chi connectivity index (χ0n) is 10.2. The molecule has 1 unspecified atom stereocenters. The highest BCUT2D eigenvalue weighted by Crippen LogP contribution is 2.45. The third-order valence-electron chi connectivity index (χ3n) is 2.50. The van der Waals surface area contributed by atoms with Crippen molar-refractivity contribution in [1.82, 2.24) is 0 Å². The van der Waals surface area contributed by atoms with E-state index in [4.69, 9.17) is 5.11 Å². The van der Waals surface area contributed by atoms with Crippen LogP contribution in [-0.2, 0) is 17.1 Å². The van der Waals surface area contributed by atoms with Gasteiger partial charge in [-0.1, -0.05) is 0 Å². The molecule has 4 nitrogen and oxygen atoms in total. The van der Waals surface area contributed by atoms with Crippen LogP contribution in [0.2, 0.25) is 0 Å². The van der Waals surface area contributed by atoms with E-state index in [1.807, 2.05) is 0 Å². The van der Waals surface area contributed by atoms with Crippen LogP contribution in [0.1, 0.15) is 22.8 Å². The average Bonchev–Trinajstić information content (AvgIpc) is 2.33. The molecule has 0 saturated heterocycles. The summed E-state index contributed by atoms with van der Waals surface area (Å²) in [6.07, 6.45) is -13.7. The lowest BCUT2D eigenvalue weighted by atomic mass is 9.95. The van der Waals surface area contributed by atoms with Gasteiger partial charge < -0.3 is 14.9 Å². The molecule has 0 aliphatic heterocycles. The number of rotatable bonds is 3. The first kappa shape index (κ1) is 17.1. The lowest BCUT2D eigenvalue weighted by molar-refractivity contribution is -0.164. The number of carboxylic acid groups (broad SMARTS) is 1. The van der Waals surface area contributed by atoms with E-state index in [1.165, 1.54) is 0 Å². The van der Waals surface area contributed by atoms with Gasteiger partial charge in [-0.05, 0) is 12.1 Å². The van der Waals surface area contributed by atoms with Crippen molar-refractivity contribution in [2.75, 3.05) is 7.11 Å². The lowest BCUT2D eigenvalue weighted by Gasteiger charge is -2.21. The Morgan fingerprint density at radius 3 is 2.00 bits per heavy atom. The topological polar surface area (TPSA) is 66.8 Å². The first-order valence-electron chi connectivity index (χ1n) is 5.16. The second-order valence-electron chi connectivity index (χ2n) is 3.88. The zero-order chi connectivity index (χ0) is 16.6. The van der Waals surface area contributed by atoms with Gasteiger partial charge in [0.2, 0.25) is 0 Å². The van der Waals surface area contributed by atoms with Crippen molar-refractivity contribution in [2.45, 2.75) is 18.5 Å². The molecule has 0 amide bonds. The zero-order valence-corrected chi connectivity index (χ0v) is 10.2. The lowest BCUT2D eigenvalue weighted by Crippen LogP contribution is -2.23. The number of ether oxygens (including phenoxy) is 1. The molecule has 2 N–H and O–H groups in total. The smallest absolute Gasteiger partial charge is 0.417 e. The third-order valence-corrected chi connectivity index (χ3v) is 2.50. The summed E-state index contributed by atoms with van der Waals surface area (Å²) in [4.78, 5) is 10.6. The number of carbonyl (C=O) groups is 1. The summed E-state index contributed by atoms with van der Waals surface area (Å²) in [5.74, 6) is -2.78. The predicted octanol–water partition coefficient (Wildman–Crippen LogP) is 2.85. The van der Waals surface area contributed by atoms with Gasteiger partial charge in [-0.3, -0.25) is 0 Å². The summed E-state index contributed by atoms with van der Waals surface area (Å²) < 4.78 is 81.2. The Balaban J connectivity index is 3.79. The first-order valence-corrected chi connectivity index (χ1v) is 5.16. The number of aliphatic hydroxyl groups is 1. The Morgan fingerprint density at radius 2 is 1.67 bits per heavy atom. The average molecular weight is 318 g/mol. The molecule has 0 radical (unpaired) electrons. The molecule has 0 heterocycles. The number of hydrogen-bond acceptors (Lipinski definition) is 3. The number of methoxy groups -OCH3 is 1. The quantitative estimate of drug-likeness (QED) is 0.841. The van der Waals surface area contributed by atoms with E-state index in [-0.39, 0.29) is 6.07 Å². The molecule has 10 heteroatoms. The number of alkyl halides is 6. The SMILES string of the molecule is COc1cc(C(O)C(=O)O)c(C(F)(F)F)c(C(F)(F)F)c1. The highest BCUT2D eigenvalue weighted by molar-refractivity contribution is 5.75. The van der Waals surface area contributed by atoms with Crippen LogP contribution >= 0.6 is 0 Å². The molecule has 0 aliphatic rings. The molecule has 0 fully saturated rings. The summed E-state index contributed by atoms with van der Waals surface area (Å²) in [5.41, 5.74) is -5.84. The monoisotopic (exact) mass is 318 g/mol. The molecule has 0 bridgehead atoms. The Labute approximate surface area is 113 Å². The van der Waals surface area contributed by atoms with Crippen LogP contribution in [0.15, 0.2) is 12.1 Å². The summed E-state index contributed by atoms with van der Waals surface area (Å²) in [6, 6.07) is 0.484. The Kier molecular flexibility index (Phi) is 4.42. The number of aliphatic hydroxyl groups excluding tert-OH is 1. The fraction of sp³-hybridized carbons (Fsp3) is 0.364. The van der Waals surface area contributed by atoms with E-state index >= 15 is 0 Å². The minimum atomic E-state index is -5.51. The number of carboxylic acids is 1. The Bertz CT molecular complexity index is 549. The molecule has 0 saturated carbocycles. The minimum Gasteiger partial charge on any atom is -0.497 e. The fourth-order valence-electron chi connectivity index (χ4n) is 1.64. The molecular weight excluding hydrogens is 310 g/mol. The molecule has 0 aromatic heterocycles. The highest BCUT2D eigenvalue weighted by atomic mass is 19.4. The van der Waals surface area contributed by atoms with Crippen LogP contribution in [0.4, 0.5) is 26.3 Å². The molecule has 1 aromatic rings. The van der Waals surface area contributed by atoms with Crippen molar-refractivity contribution in [2.24, 2.45) is 0 Å². The maximum atomic E-state index is 12.9. The maximum Gasteiger partial charge on any atom is 0.417 e. The van der Waals surface area contributed by atoms with Gasteiger partial charge in [0.05, 0.1) is 18.2 Å². The van der Waals surface area contributed by atoms with Gasteiger partial charge in [0.1, 0.15) is 5.75 Å². The second kappa shape index (κ2) is 5.43. The molecule has 118 valence electrons. The van der Waals surface area contributed by atoms with Crippen molar-refractivity contribution in [3.8, 4) is 5.75 Å². The van der Waals surface area contributed by atoms with Crippen LogP contribution in [0.5, 0.6) is 5.75 Å². The summed E-state index contributed by atoms with van der Waals surface area (Å²) in [5, 5.41) is 17.8. The first-order chi connectivity index (χ1) is 9.39. The maximum absolute atomic E-state index is 12.9. The molecule has 0 aliphatic carbocycles. The summed E-state index contributed by atoms with van der Waals surface area (Å²) in [7, 11) is 0.889. The van der Waals surface area contributed by atoms with Gasteiger partial charge in [-0.2, -0.15) is 26.3 Å². The summed E-state index contributed by atoms with van der Waals surface area (Å²) in [6.45, 7) is 0. The summed E-state index contributed by atoms with van der Waals surface area (Å²) >= 11 is 0. The van der Waals surface area contributed by atoms with Crippen molar-refractivity contribution < 1.29 is 46.1 Å². The molecule has 1 aromatic carbocycles. The van der Waals surface area contributed by atoms with Gasteiger partial charge in [0, 0.05) is 5.56 Å². The van der Waals surface area contributed by atoms with Gasteiger partial charge in [-0.15, -0.1) is 0 Å². The number of halogens is 6. The highest BCUT2D eigenvalue weighted by Gasteiger charge is 2.47. The van der Waals surface area contributed by atoms with Gasteiger partial charge >= 0.3 is 18.3 Å². The van der Waals surface area contributed by atoms with Crippen LogP contribution < -0.4 is 4.74 Å². The molecule has 0 spiro atoms. The molecular formula is C11H8F6O4. The van der Waals surface area contributed by atoms with Gasteiger partial charge in [0.15, 0.2) is 6.10 Å². The number of hydrogen-bond donors (Lipinski definition) is 2. The van der Waals surface area contributed by atoms with Crippen molar-refractivity contribution in [3.63, 3.8) is 0 Å². The molecule has 1 atom stereocenters. The van der Waals surface area contributed by atoms with E-state index < -0.39 is 46.9 Å². The van der Waals surface area contributed by atoms with Crippen LogP contribution in [0, 0.1) is 0 Å². The van der Waals surface area contributed by atoms with E-state index in [1.54, 1.807) is 0 Å². The predicted molar refractivity (Wildman–Crippen MR) is 55.6 cm³/mol. The van der Waals surface area contributed by atoms with E-state index in [2.05, 4.69) is 4.74 Å². The number of benzene rings is 1. The van der Waals surface area contributed by atoms with Crippen molar-refractivity contribution in [1.29, 1.82) is 0 Å². The minimum absolute atomic E-state index is 0.0842. The third kappa shape index (κ3) is 3.57. The Morgan fingerprint density at radius 1 is 1.14 bits per heavy atom. The van der Waals surface area contributed by atoms with E-state index in [9.17, 15) is 36.2 Å². The van der Waals surface area contributed by atoms with E-state index in [0.717, 1.165) is 7.11 Å². The fourth-order valence-corrected chi connectivity index (χ4v) is 1.64. The van der Waals surface area contributed by atoms with Crippen LogP contribution in [0.3, 0.4) is 0 Å². The van der Waals surface area contributed by atoms with Crippen molar-refractivity contribution >= 4 is 5.97 Å². The van der Waals surface area contributed by atoms with Crippen molar-refractivity contribution in [3.05, 3.63) is 28.8 Å².